The van der Waals surface area contributed by atoms with Crippen LogP contribution in [-0.2, 0) is 6.54 Å². The standard InChI is InChI=1S/C27H32N8O/c1-18-14-19(2)24(20(3)15-18)28-16-23-17-29-27(36-23)33-25-30-21(4)31-26(32-25)35-12-10-34(11-13-35)22-8-6-5-7-9-22/h5-9,14-15,17,28H,10-13,16H2,1-4H3,(H,29,30,31,32,33). The van der Waals surface area contributed by atoms with Gasteiger partial charge in [0, 0.05) is 37.6 Å². The van der Waals surface area contributed by atoms with Crippen molar-refractivity contribution in [3.05, 3.63) is 76.9 Å². The van der Waals surface area contributed by atoms with Crippen molar-refractivity contribution in [3.8, 4) is 0 Å². The number of nitrogens with zero attached hydrogens (tertiary/aromatic N) is 6. The van der Waals surface area contributed by atoms with Crippen molar-refractivity contribution in [3.63, 3.8) is 0 Å². The Balaban J connectivity index is 1.22. The summed E-state index contributed by atoms with van der Waals surface area (Å²) in [5.74, 6) is 2.46. The molecule has 36 heavy (non-hydrogen) atoms. The van der Waals surface area contributed by atoms with Crippen LogP contribution in [0.5, 0.6) is 0 Å². The van der Waals surface area contributed by atoms with Gasteiger partial charge in [0.25, 0.3) is 0 Å². The molecule has 0 aliphatic carbocycles. The number of aryl methyl sites for hydroxylation is 4. The predicted octanol–water partition coefficient (Wildman–Crippen LogP) is 4.78. The fourth-order valence-electron chi connectivity index (χ4n) is 4.65. The number of piperazine rings is 1. The summed E-state index contributed by atoms with van der Waals surface area (Å²) < 4.78 is 5.90. The number of hydrogen-bond acceptors (Lipinski definition) is 9. The van der Waals surface area contributed by atoms with Crippen LogP contribution < -0.4 is 20.4 Å². The minimum absolute atomic E-state index is 0.356. The van der Waals surface area contributed by atoms with E-state index in [4.69, 9.17) is 4.42 Å². The summed E-state index contributed by atoms with van der Waals surface area (Å²) in [6.07, 6.45) is 1.71. The molecule has 9 heteroatoms. The maximum atomic E-state index is 5.90. The second-order valence-electron chi connectivity index (χ2n) is 9.20. The van der Waals surface area contributed by atoms with Crippen molar-refractivity contribution in [2.24, 2.45) is 0 Å². The molecule has 1 aliphatic rings. The van der Waals surface area contributed by atoms with E-state index >= 15 is 0 Å². The van der Waals surface area contributed by atoms with Gasteiger partial charge in [0.1, 0.15) is 11.6 Å². The molecule has 1 saturated heterocycles. The first kappa shape index (κ1) is 23.6. The first-order chi connectivity index (χ1) is 17.4. The van der Waals surface area contributed by atoms with Gasteiger partial charge in [-0.1, -0.05) is 35.9 Å². The van der Waals surface area contributed by atoms with Crippen molar-refractivity contribution < 1.29 is 4.42 Å². The zero-order valence-corrected chi connectivity index (χ0v) is 21.2. The molecule has 0 atom stereocenters. The summed E-state index contributed by atoms with van der Waals surface area (Å²) in [5.41, 5.74) is 6.04. The minimum Gasteiger partial charge on any atom is -0.427 e. The van der Waals surface area contributed by atoms with Crippen LogP contribution in [0.1, 0.15) is 28.3 Å². The smallest absolute Gasteiger partial charge is 0.301 e. The summed E-state index contributed by atoms with van der Waals surface area (Å²) in [6.45, 7) is 12.2. The molecule has 9 nitrogen and oxygen atoms in total. The van der Waals surface area contributed by atoms with Crippen LogP contribution in [0.25, 0.3) is 0 Å². The second kappa shape index (κ2) is 10.2. The Kier molecular flexibility index (Phi) is 6.71. The van der Waals surface area contributed by atoms with Gasteiger partial charge in [0.2, 0.25) is 11.9 Å². The summed E-state index contributed by atoms with van der Waals surface area (Å²) in [7, 11) is 0. The Labute approximate surface area is 211 Å². The Hall–Kier alpha value is -4.14. The zero-order chi connectivity index (χ0) is 25.1. The Morgan fingerprint density at radius 3 is 2.28 bits per heavy atom. The van der Waals surface area contributed by atoms with Gasteiger partial charge in [0.15, 0.2) is 0 Å². The first-order valence-electron chi connectivity index (χ1n) is 12.3. The van der Waals surface area contributed by atoms with Crippen LogP contribution in [0, 0.1) is 27.7 Å². The molecule has 0 radical (unpaired) electrons. The molecule has 1 fully saturated rings. The maximum absolute atomic E-state index is 5.90. The average Bonchev–Trinajstić information content (AvgIpc) is 3.31. The highest BCUT2D eigenvalue weighted by molar-refractivity contribution is 5.58. The van der Waals surface area contributed by atoms with Gasteiger partial charge < -0.3 is 19.5 Å². The highest BCUT2D eigenvalue weighted by Gasteiger charge is 2.20. The van der Waals surface area contributed by atoms with Crippen molar-refractivity contribution >= 4 is 29.3 Å². The van der Waals surface area contributed by atoms with Crippen LogP contribution in [0.2, 0.25) is 0 Å². The lowest BCUT2D eigenvalue weighted by Crippen LogP contribution is -2.47. The van der Waals surface area contributed by atoms with E-state index in [1.165, 1.54) is 22.4 Å². The molecule has 2 aromatic heterocycles. The normalized spacial score (nSPS) is 13.7. The van der Waals surface area contributed by atoms with Crippen molar-refractivity contribution in [2.75, 3.05) is 46.6 Å². The topological polar surface area (TPSA) is 95.2 Å². The third kappa shape index (κ3) is 5.40. The van der Waals surface area contributed by atoms with Crippen molar-refractivity contribution in [1.82, 2.24) is 19.9 Å². The average molecular weight is 485 g/mol. The SMILES string of the molecule is Cc1cc(C)c(NCc2cnc(Nc3nc(C)nc(N4CCN(c5ccccc5)CC4)n3)o2)c(C)c1. The van der Waals surface area contributed by atoms with Crippen LogP contribution in [0.4, 0.5) is 29.3 Å². The quantitative estimate of drug-likeness (QED) is 0.384. The fourth-order valence-corrected chi connectivity index (χ4v) is 4.65. The van der Waals surface area contributed by atoms with Gasteiger partial charge in [-0.15, -0.1) is 0 Å². The van der Waals surface area contributed by atoms with Gasteiger partial charge in [-0.3, -0.25) is 5.32 Å². The number of rotatable bonds is 7. The number of nitrogens with one attached hydrogen (secondary N) is 2. The highest BCUT2D eigenvalue weighted by atomic mass is 16.4. The number of para-hydroxylation sites is 1. The van der Waals surface area contributed by atoms with Crippen LogP contribution in [-0.4, -0.2) is 46.1 Å². The monoisotopic (exact) mass is 484 g/mol. The maximum Gasteiger partial charge on any atom is 0.301 e. The molecule has 186 valence electrons. The molecule has 0 amide bonds. The Bertz CT molecular complexity index is 1310. The van der Waals surface area contributed by atoms with Gasteiger partial charge in [0.05, 0.1) is 12.7 Å². The van der Waals surface area contributed by atoms with Crippen molar-refractivity contribution in [1.29, 1.82) is 0 Å². The molecule has 1 aliphatic heterocycles. The summed E-state index contributed by atoms with van der Waals surface area (Å²) in [6, 6.07) is 15.2. The number of anilines is 5. The second-order valence-corrected chi connectivity index (χ2v) is 9.20. The van der Waals surface area contributed by atoms with E-state index in [2.05, 4.69) is 97.5 Å². The molecule has 0 unspecified atom stereocenters. The molecule has 4 aromatic rings. The van der Waals surface area contributed by atoms with E-state index in [1.54, 1.807) is 6.20 Å². The molecule has 0 bridgehead atoms. The number of oxazole rings is 1. The van der Waals surface area contributed by atoms with E-state index in [9.17, 15) is 0 Å². The molecular formula is C27H32N8O. The third-order valence-electron chi connectivity index (χ3n) is 6.31. The van der Waals surface area contributed by atoms with Crippen molar-refractivity contribution in [2.45, 2.75) is 34.2 Å². The molecule has 3 heterocycles. The number of benzene rings is 2. The summed E-state index contributed by atoms with van der Waals surface area (Å²) >= 11 is 0. The van der Waals surface area contributed by atoms with Gasteiger partial charge >= 0.3 is 6.01 Å². The van der Waals surface area contributed by atoms with E-state index in [1.807, 2.05) is 13.0 Å². The van der Waals surface area contributed by atoms with E-state index < -0.39 is 0 Å². The van der Waals surface area contributed by atoms with Gasteiger partial charge in [-0.05, 0) is 51.0 Å². The van der Waals surface area contributed by atoms with Crippen LogP contribution in [0.3, 0.4) is 0 Å². The highest BCUT2D eigenvalue weighted by Crippen LogP contribution is 2.24. The van der Waals surface area contributed by atoms with E-state index in [0.717, 1.165) is 37.6 Å². The molecular weight excluding hydrogens is 452 g/mol. The van der Waals surface area contributed by atoms with E-state index in [-0.39, 0.29) is 0 Å². The molecule has 0 saturated carbocycles. The predicted molar refractivity (Wildman–Crippen MR) is 143 cm³/mol. The first-order valence-corrected chi connectivity index (χ1v) is 12.3. The lowest BCUT2D eigenvalue weighted by Gasteiger charge is -2.36. The molecule has 5 rings (SSSR count). The fraction of sp³-hybridized carbons (Fsp3) is 0.333. The Morgan fingerprint density at radius 1 is 0.861 bits per heavy atom. The Morgan fingerprint density at radius 2 is 1.56 bits per heavy atom. The molecule has 2 N–H and O–H groups in total. The summed E-state index contributed by atoms with van der Waals surface area (Å²) in [4.78, 5) is 22.6. The lowest BCUT2D eigenvalue weighted by atomic mass is 10.1. The number of aromatic nitrogens is 4. The van der Waals surface area contributed by atoms with Gasteiger partial charge in [-0.25, -0.2) is 4.98 Å². The molecule has 0 spiro atoms. The third-order valence-corrected chi connectivity index (χ3v) is 6.31. The minimum atomic E-state index is 0.356. The lowest BCUT2D eigenvalue weighted by molar-refractivity contribution is 0.528. The zero-order valence-electron chi connectivity index (χ0n) is 21.2. The van der Waals surface area contributed by atoms with E-state index in [0.29, 0.717) is 30.3 Å². The summed E-state index contributed by atoms with van der Waals surface area (Å²) in [5, 5.41) is 6.57. The molecule has 2 aromatic carbocycles. The van der Waals surface area contributed by atoms with Crippen LogP contribution in [0.15, 0.2) is 53.1 Å². The number of hydrogen-bond donors (Lipinski definition) is 2. The largest absolute Gasteiger partial charge is 0.427 e. The van der Waals surface area contributed by atoms with Gasteiger partial charge in [-0.2, -0.15) is 15.0 Å². The van der Waals surface area contributed by atoms with Crippen LogP contribution >= 0.6 is 0 Å².